The first-order valence-corrected chi connectivity index (χ1v) is 9.07. The van der Waals surface area contributed by atoms with Gasteiger partial charge in [0.2, 0.25) is 0 Å². The molecule has 1 saturated heterocycles. The Hall–Kier alpha value is -3.07. The molecule has 4 rings (SSSR count). The number of benzene rings is 1. The van der Waals surface area contributed by atoms with Gasteiger partial charge in [-0.1, -0.05) is 0 Å². The SMILES string of the molecule is O=C(NCCO)c1cnc2c(c1)c(-c1cc(F)ccc1F)nn2N1CCCC1. The van der Waals surface area contributed by atoms with Gasteiger partial charge in [-0.15, -0.1) is 5.10 Å². The highest BCUT2D eigenvalue weighted by Gasteiger charge is 2.23. The Balaban J connectivity index is 1.88. The maximum atomic E-state index is 14.4. The Labute approximate surface area is 159 Å². The van der Waals surface area contributed by atoms with E-state index in [0.717, 1.165) is 44.1 Å². The van der Waals surface area contributed by atoms with Crippen LogP contribution in [0.15, 0.2) is 30.5 Å². The summed E-state index contributed by atoms with van der Waals surface area (Å²) in [5.74, 6) is -1.60. The molecule has 1 aliphatic heterocycles. The molecule has 3 heterocycles. The Morgan fingerprint density at radius 1 is 1.21 bits per heavy atom. The van der Waals surface area contributed by atoms with Gasteiger partial charge in [-0.2, -0.15) is 4.79 Å². The lowest BCUT2D eigenvalue weighted by molar-refractivity contribution is 0.0944. The number of hydrogen-bond acceptors (Lipinski definition) is 5. The average Bonchev–Trinajstić information content (AvgIpc) is 3.35. The molecule has 3 aromatic rings. The standard InChI is InChI=1S/C19H19F2N5O2/c20-13-3-4-16(21)14(10-13)17-15-9-12(19(28)22-5-8-27)11-23-18(15)26(24-17)25-6-1-2-7-25/h3-4,9-11,27H,1-2,5-8H2,(H,22,28). The second-order valence-corrected chi connectivity index (χ2v) is 6.60. The molecule has 0 aliphatic carbocycles. The van der Waals surface area contributed by atoms with Crippen LogP contribution in [-0.4, -0.2) is 52.1 Å². The van der Waals surface area contributed by atoms with E-state index in [0.29, 0.717) is 11.0 Å². The van der Waals surface area contributed by atoms with Crippen LogP contribution < -0.4 is 10.3 Å². The number of nitrogens with zero attached hydrogens (tertiary/aromatic N) is 4. The summed E-state index contributed by atoms with van der Waals surface area (Å²) in [6, 6.07) is 4.75. The van der Waals surface area contributed by atoms with Crippen molar-refractivity contribution in [3.05, 3.63) is 47.7 Å². The van der Waals surface area contributed by atoms with Gasteiger partial charge >= 0.3 is 0 Å². The third-order valence-corrected chi connectivity index (χ3v) is 4.70. The molecular weight excluding hydrogens is 368 g/mol. The number of rotatable bonds is 5. The molecular formula is C19H19F2N5O2. The summed E-state index contributed by atoms with van der Waals surface area (Å²) in [7, 11) is 0. The second-order valence-electron chi connectivity index (χ2n) is 6.60. The van der Waals surface area contributed by atoms with Crippen LogP contribution in [0.4, 0.5) is 8.78 Å². The number of amides is 1. The van der Waals surface area contributed by atoms with Crippen molar-refractivity contribution in [3.8, 4) is 11.3 Å². The molecule has 0 radical (unpaired) electrons. The van der Waals surface area contributed by atoms with Crippen LogP contribution in [0.25, 0.3) is 22.3 Å². The molecule has 0 saturated carbocycles. The van der Waals surface area contributed by atoms with Crippen LogP contribution in [-0.2, 0) is 0 Å². The summed E-state index contributed by atoms with van der Waals surface area (Å²) < 4.78 is 28.2. The lowest BCUT2D eigenvalue weighted by Crippen LogP contribution is -2.32. The maximum absolute atomic E-state index is 14.4. The Bertz CT molecular complexity index is 1030. The van der Waals surface area contributed by atoms with Crippen LogP contribution in [0.2, 0.25) is 0 Å². The maximum Gasteiger partial charge on any atom is 0.252 e. The first-order valence-electron chi connectivity index (χ1n) is 9.07. The van der Waals surface area contributed by atoms with Crippen molar-refractivity contribution in [1.29, 1.82) is 0 Å². The van der Waals surface area contributed by atoms with E-state index in [4.69, 9.17) is 5.11 Å². The molecule has 0 atom stereocenters. The van der Waals surface area contributed by atoms with Crippen LogP contribution in [0.3, 0.4) is 0 Å². The van der Waals surface area contributed by atoms with Gasteiger partial charge in [-0.05, 0) is 37.1 Å². The summed E-state index contributed by atoms with van der Waals surface area (Å²) >= 11 is 0. The molecule has 7 nitrogen and oxygen atoms in total. The van der Waals surface area contributed by atoms with Crippen molar-refractivity contribution in [3.63, 3.8) is 0 Å². The first-order chi connectivity index (χ1) is 13.6. The van der Waals surface area contributed by atoms with E-state index in [-0.39, 0.29) is 30.0 Å². The molecule has 0 spiro atoms. The molecule has 2 aromatic heterocycles. The lowest BCUT2D eigenvalue weighted by atomic mass is 10.1. The van der Waals surface area contributed by atoms with E-state index < -0.39 is 17.5 Å². The number of nitrogens with one attached hydrogen (secondary N) is 1. The quantitative estimate of drug-likeness (QED) is 0.698. The predicted molar refractivity (Wildman–Crippen MR) is 99.5 cm³/mol. The van der Waals surface area contributed by atoms with Crippen molar-refractivity contribution in [2.75, 3.05) is 31.3 Å². The minimum atomic E-state index is -0.607. The molecule has 1 amide bonds. The minimum absolute atomic E-state index is 0.0117. The molecule has 9 heteroatoms. The van der Waals surface area contributed by atoms with Crippen molar-refractivity contribution < 1.29 is 18.7 Å². The molecule has 0 bridgehead atoms. The summed E-state index contributed by atoms with van der Waals surface area (Å²) in [6.07, 6.45) is 3.42. The second kappa shape index (κ2) is 7.51. The van der Waals surface area contributed by atoms with Crippen LogP contribution in [0.1, 0.15) is 23.2 Å². The van der Waals surface area contributed by atoms with Crippen LogP contribution in [0.5, 0.6) is 0 Å². The highest BCUT2D eigenvalue weighted by molar-refractivity contribution is 6.00. The monoisotopic (exact) mass is 387 g/mol. The highest BCUT2D eigenvalue weighted by Crippen LogP contribution is 2.30. The number of fused-ring (bicyclic) bond motifs is 1. The van der Waals surface area contributed by atoms with Gasteiger partial charge in [-0.25, -0.2) is 13.8 Å². The summed E-state index contributed by atoms with van der Waals surface area (Å²) in [6.45, 7) is 1.48. The van der Waals surface area contributed by atoms with Crippen LogP contribution in [0, 0.1) is 11.6 Å². The Morgan fingerprint density at radius 3 is 2.75 bits per heavy atom. The van der Waals surface area contributed by atoms with E-state index >= 15 is 0 Å². The zero-order chi connectivity index (χ0) is 19.7. The molecule has 2 N–H and O–H groups in total. The van der Waals surface area contributed by atoms with Crippen molar-refractivity contribution in [2.45, 2.75) is 12.8 Å². The topological polar surface area (TPSA) is 83.3 Å². The Kier molecular flexibility index (Phi) is 4.91. The van der Waals surface area contributed by atoms with Gasteiger partial charge in [0, 0.05) is 31.4 Å². The normalized spacial score (nSPS) is 14.0. The van der Waals surface area contributed by atoms with E-state index in [1.165, 1.54) is 6.20 Å². The third-order valence-electron chi connectivity index (χ3n) is 4.70. The lowest BCUT2D eigenvalue weighted by Gasteiger charge is -2.17. The third kappa shape index (κ3) is 3.29. The molecule has 1 aromatic carbocycles. The van der Waals surface area contributed by atoms with E-state index in [2.05, 4.69) is 15.4 Å². The predicted octanol–water partition coefficient (Wildman–Crippen LogP) is 1.83. The zero-order valence-electron chi connectivity index (χ0n) is 15.0. The number of carbonyl (C=O) groups excluding carboxylic acids is 1. The summed E-state index contributed by atoms with van der Waals surface area (Å²) in [5.41, 5.74) is 0.958. The van der Waals surface area contributed by atoms with Crippen molar-refractivity contribution >= 4 is 16.9 Å². The van der Waals surface area contributed by atoms with Gasteiger partial charge < -0.3 is 10.4 Å². The van der Waals surface area contributed by atoms with Crippen molar-refractivity contribution in [2.24, 2.45) is 0 Å². The number of carbonyl (C=O) groups is 1. The summed E-state index contributed by atoms with van der Waals surface area (Å²) in [4.78, 5) is 18.2. The van der Waals surface area contributed by atoms with Gasteiger partial charge in [-0.3, -0.25) is 9.80 Å². The van der Waals surface area contributed by atoms with E-state index in [1.807, 2.05) is 5.01 Å². The van der Waals surface area contributed by atoms with E-state index in [9.17, 15) is 13.6 Å². The fourth-order valence-electron chi connectivity index (χ4n) is 3.35. The fraction of sp³-hybridized carbons (Fsp3) is 0.316. The number of aromatic nitrogens is 3. The number of hydrogen-bond donors (Lipinski definition) is 2. The summed E-state index contributed by atoms with van der Waals surface area (Å²) in [5, 5.41) is 18.4. The van der Waals surface area contributed by atoms with Crippen LogP contribution >= 0.6 is 0 Å². The molecule has 1 aliphatic rings. The van der Waals surface area contributed by atoms with Gasteiger partial charge in [0.1, 0.15) is 17.3 Å². The van der Waals surface area contributed by atoms with Gasteiger partial charge in [0.25, 0.3) is 5.91 Å². The highest BCUT2D eigenvalue weighted by atomic mass is 19.1. The van der Waals surface area contributed by atoms with Crippen molar-refractivity contribution in [1.82, 2.24) is 20.2 Å². The number of aliphatic hydroxyl groups excluding tert-OH is 1. The van der Waals surface area contributed by atoms with Gasteiger partial charge in [0.15, 0.2) is 5.65 Å². The molecule has 1 fully saturated rings. The van der Waals surface area contributed by atoms with E-state index in [1.54, 1.807) is 10.9 Å². The first kappa shape index (κ1) is 18.3. The fourth-order valence-corrected chi connectivity index (χ4v) is 3.35. The average molecular weight is 387 g/mol. The smallest absolute Gasteiger partial charge is 0.252 e. The molecule has 28 heavy (non-hydrogen) atoms. The Morgan fingerprint density at radius 2 is 2.00 bits per heavy atom. The number of halogens is 2. The molecule has 0 unspecified atom stereocenters. The number of aliphatic hydroxyl groups is 1. The molecule has 146 valence electrons. The zero-order valence-corrected chi connectivity index (χ0v) is 15.0. The van der Waals surface area contributed by atoms with Gasteiger partial charge in [0.05, 0.1) is 17.6 Å². The number of pyridine rings is 1. The minimum Gasteiger partial charge on any atom is -0.395 e. The largest absolute Gasteiger partial charge is 0.395 e.